The molecule has 0 radical (unpaired) electrons. The van der Waals surface area contributed by atoms with Crippen molar-refractivity contribution in [1.82, 2.24) is 9.88 Å². The Kier molecular flexibility index (Phi) is 4.93. The molecule has 1 heterocycles. The van der Waals surface area contributed by atoms with Gasteiger partial charge >= 0.3 is 0 Å². The van der Waals surface area contributed by atoms with Gasteiger partial charge in [0.15, 0.2) is 0 Å². The predicted octanol–water partition coefficient (Wildman–Crippen LogP) is 2.22. The molecule has 0 aliphatic rings. The smallest absolute Gasteiger partial charge is 0.274 e. The second kappa shape index (κ2) is 6.23. The van der Waals surface area contributed by atoms with Gasteiger partial charge in [-0.05, 0) is 34.5 Å². The molecular formula is C11H12BrN3O. The Labute approximate surface area is 103 Å². The Bertz CT molecular complexity index is 414. The number of rotatable bonds is 4. The van der Waals surface area contributed by atoms with Gasteiger partial charge in [0.1, 0.15) is 12.2 Å². The summed E-state index contributed by atoms with van der Waals surface area (Å²) < 4.78 is 0.652. The number of carbonyl (C=O) groups is 1. The number of carbonyl (C=O) groups excluding carboxylic acids is 1. The summed E-state index contributed by atoms with van der Waals surface area (Å²) in [6.07, 6.45) is 2.38. The molecule has 0 spiro atoms. The minimum absolute atomic E-state index is 0.0929. The van der Waals surface area contributed by atoms with E-state index in [1.54, 1.807) is 18.3 Å². The van der Waals surface area contributed by atoms with Crippen molar-refractivity contribution in [2.45, 2.75) is 13.3 Å². The second-order valence-electron chi connectivity index (χ2n) is 3.22. The van der Waals surface area contributed by atoms with E-state index in [9.17, 15) is 4.79 Å². The lowest BCUT2D eigenvalue weighted by Gasteiger charge is -2.18. The Hall–Kier alpha value is -1.41. The number of amides is 1. The normalized spacial score (nSPS) is 9.56. The molecule has 84 valence electrons. The highest BCUT2D eigenvalue weighted by Crippen LogP contribution is 2.15. The molecule has 0 atom stereocenters. The van der Waals surface area contributed by atoms with Gasteiger partial charge in [0, 0.05) is 17.2 Å². The highest BCUT2D eigenvalue weighted by Gasteiger charge is 2.18. The zero-order chi connectivity index (χ0) is 12.0. The summed E-state index contributed by atoms with van der Waals surface area (Å²) in [6, 6.07) is 5.49. The first-order valence-corrected chi connectivity index (χ1v) is 5.76. The van der Waals surface area contributed by atoms with Crippen LogP contribution in [0.2, 0.25) is 0 Å². The lowest BCUT2D eigenvalue weighted by atomic mass is 10.3. The lowest BCUT2D eigenvalue weighted by molar-refractivity contribution is 0.0769. The third kappa shape index (κ3) is 3.04. The third-order valence-corrected chi connectivity index (χ3v) is 2.64. The molecule has 1 amide bonds. The molecule has 1 aromatic rings. The maximum atomic E-state index is 12.0. The van der Waals surface area contributed by atoms with Crippen molar-refractivity contribution in [3.05, 3.63) is 28.5 Å². The van der Waals surface area contributed by atoms with E-state index in [-0.39, 0.29) is 12.5 Å². The average molecular weight is 282 g/mol. The van der Waals surface area contributed by atoms with Crippen molar-refractivity contribution >= 4 is 21.8 Å². The van der Waals surface area contributed by atoms with Crippen LogP contribution >= 0.6 is 15.9 Å². The van der Waals surface area contributed by atoms with Gasteiger partial charge in [-0.1, -0.05) is 6.92 Å². The first-order valence-electron chi connectivity index (χ1n) is 4.97. The number of hydrogen-bond donors (Lipinski definition) is 0. The highest BCUT2D eigenvalue weighted by molar-refractivity contribution is 9.10. The maximum absolute atomic E-state index is 12.0. The van der Waals surface area contributed by atoms with Gasteiger partial charge < -0.3 is 4.90 Å². The summed E-state index contributed by atoms with van der Waals surface area (Å²) in [5.74, 6) is -0.212. The Morgan fingerprint density at radius 2 is 2.44 bits per heavy atom. The second-order valence-corrected chi connectivity index (χ2v) is 4.07. The largest absolute Gasteiger partial charge is 0.324 e. The van der Waals surface area contributed by atoms with Gasteiger partial charge in [0.05, 0.1) is 6.07 Å². The Morgan fingerprint density at radius 3 is 3.00 bits per heavy atom. The van der Waals surface area contributed by atoms with Crippen LogP contribution in [0.3, 0.4) is 0 Å². The summed E-state index contributed by atoms with van der Waals surface area (Å²) in [4.78, 5) is 17.5. The van der Waals surface area contributed by atoms with Crippen LogP contribution < -0.4 is 0 Å². The van der Waals surface area contributed by atoms with Crippen LogP contribution in [0, 0.1) is 11.3 Å². The molecule has 0 unspecified atom stereocenters. The molecule has 0 aromatic carbocycles. The molecule has 0 fully saturated rings. The topological polar surface area (TPSA) is 57.0 Å². The van der Waals surface area contributed by atoms with Gasteiger partial charge in [-0.3, -0.25) is 4.79 Å². The first-order chi connectivity index (χ1) is 7.70. The quantitative estimate of drug-likeness (QED) is 0.796. The summed E-state index contributed by atoms with van der Waals surface area (Å²) in [7, 11) is 0. The number of halogens is 1. The van der Waals surface area contributed by atoms with Gasteiger partial charge in [-0.2, -0.15) is 5.26 Å². The van der Waals surface area contributed by atoms with Crippen LogP contribution in [-0.2, 0) is 0 Å². The molecule has 1 rings (SSSR count). The van der Waals surface area contributed by atoms with E-state index in [4.69, 9.17) is 5.26 Å². The van der Waals surface area contributed by atoms with Crippen LogP contribution in [0.25, 0.3) is 0 Å². The van der Waals surface area contributed by atoms with Crippen LogP contribution in [0.4, 0.5) is 0 Å². The molecule has 0 N–H and O–H groups in total. The number of nitriles is 1. The Morgan fingerprint density at radius 1 is 1.69 bits per heavy atom. The molecule has 5 heteroatoms. The van der Waals surface area contributed by atoms with Crippen molar-refractivity contribution in [3.63, 3.8) is 0 Å². The summed E-state index contributed by atoms with van der Waals surface area (Å²) in [5.41, 5.74) is 0.353. The highest BCUT2D eigenvalue weighted by atomic mass is 79.9. The van der Waals surface area contributed by atoms with Gasteiger partial charge in [-0.25, -0.2) is 4.98 Å². The fraction of sp³-hybridized carbons (Fsp3) is 0.364. The zero-order valence-electron chi connectivity index (χ0n) is 8.98. The van der Waals surface area contributed by atoms with Crippen LogP contribution in [0.1, 0.15) is 23.8 Å². The third-order valence-electron chi connectivity index (χ3n) is 2.00. The maximum Gasteiger partial charge on any atom is 0.274 e. The van der Waals surface area contributed by atoms with Crippen molar-refractivity contribution in [2.24, 2.45) is 0 Å². The minimum atomic E-state index is -0.212. The Balaban J connectivity index is 2.91. The standard InChI is InChI=1S/C11H12BrN3O/c1-2-7-15(8-5-13)11(16)10-9(12)4-3-6-14-10/h3-4,6H,2,7-8H2,1H3. The molecule has 4 nitrogen and oxygen atoms in total. The number of hydrogen-bond acceptors (Lipinski definition) is 3. The molecule has 0 saturated carbocycles. The zero-order valence-corrected chi connectivity index (χ0v) is 10.6. The lowest BCUT2D eigenvalue weighted by Crippen LogP contribution is -2.32. The van der Waals surface area contributed by atoms with E-state index in [1.165, 1.54) is 4.90 Å². The van der Waals surface area contributed by atoms with Crippen molar-refractivity contribution in [3.8, 4) is 6.07 Å². The fourth-order valence-electron chi connectivity index (χ4n) is 1.30. The van der Waals surface area contributed by atoms with E-state index >= 15 is 0 Å². The molecule has 0 aliphatic heterocycles. The van der Waals surface area contributed by atoms with E-state index in [0.29, 0.717) is 16.7 Å². The van der Waals surface area contributed by atoms with Crippen molar-refractivity contribution in [2.75, 3.05) is 13.1 Å². The van der Waals surface area contributed by atoms with Crippen molar-refractivity contribution < 1.29 is 4.79 Å². The van der Waals surface area contributed by atoms with E-state index in [0.717, 1.165) is 6.42 Å². The molecule has 16 heavy (non-hydrogen) atoms. The molecule has 0 saturated heterocycles. The van der Waals surface area contributed by atoms with E-state index in [2.05, 4.69) is 20.9 Å². The average Bonchev–Trinajstić information content (AvgIpc) is 2.28. The first kappa shape index (κ1) is 12.7. The minimum Gasteiger partial charge on any atom is -0.324 e. The van der Waals surface area contributed by atoms with E-state index in [1.807, 2.05) is 13.0 Å². The van der Waals surface area contributed by atoms with Gasteiger partial charge in [-0.15, -0.1) is 0 Å². The van der Waals surface area contributed by atoms with Crippen LogP contribution in [0.15, 0.2) is 22.8 Å². The summed E-state index contributed by atoms with van der Waals surface area (Å²) in [6.45, 7) is 2.62. The molecule has 0 bridgehead atoms. The number of aromatic nitrogens is 1. The van der Waals surface area contributed by atoms with Gasteiger partial charge in [0.25, 0.3) is 5.91 Å². The summed E-state index contributed by atoms with van der Waals surface area (Å²) >= 11 is 3.27. The van der Waals surface area contributed by atoms with Gasteiger partial charge in [0.2, 0.25) is 0 Å². The SMILES string of the molecule is CCCN(CC#N)C(=O)c1ncccc1Br. The molecular weight excluding hydrogens is 270 g/mol. The predicted molar refractivity (Wildman–Crippen MR) is 63.7 cm³/mol. The molecule has 0 aliphatic carbocycles. The molecule has 1 aromatic heterocycles. The van der Waals surface area contributed by atoms with Crippen LogP contribution in [0.5, 0.6) is 0 Å². The fourth-order valence-corrected chi connectivity index (χ4v) is 1.73. The number of nitrogens with zero attached hydrogens (tertiary/aromatic N) is 3. The van der Waals surface area contributed by atoms with Crippen molar-refractivity contribution in [1.29, 1.82) is 5.26 Å². The monoisotopic (exact) mass is 281 g/mol. The van der Waals surface area contributed by atoms with E-state index < -0.39 is 0 Å². The number of pyridine rings is 1. The summed E-state index contributed by atoms with van der Waals surface area (Å²) in [5, 5.41) is 8.65. The van der Waals surface area contributed by atoms with Crippen LogP contribution in [-0.4, -0.2) is 28.9 Å².